The minimum Gasteiger partial charge on any atom is -0.481 e. The second-order valence-electron chi connectivity index (χ2n) is 5.16. The van der Waals surface area contributed by atoms with E-state index in [1.807, 2.05) is 0 Å². The highest BCUT2D eigenvalue weighted by molar-refractivity contribution is 6.01. The lowest BCUT2D eigenvalue weighted by molar-refractivity contribution is -0.149. The van der Waals surface area contributed by atoms with Crippen LogP contribution in [0.4, 0.5) is 10.6 Å². The molecule has 0 saturated heterocycles. The lowest BCUT2D eigenvalue weighted by Gasteiger charge is -2.17. The van der Waals surface area contributed by atoms with Gasteiger partial charge < -0.3 is 5.11 Å². The van der Waals surface area contributed by atoms with E-state index < -0.39 is 23.3 Å². The summed E-state index contributed by atoms with van der Waals surface area (Å²) in [7, 11) is 1.65. The number of nitrogens with zero attached hydrogens (tertiary/aromatic N) is 2. The van der Waals surface area contributed by atoms with Gasteiger partial charge in [0.05, 0.1) is 11.1 Å². The monoisotopic (exact) mass is 282 g/mol. The van der Waals surface area contributed by atoms with Crippen molar-refractivity contribution in [1.82, 2.24) is 15.1 Å². The highest BCUT2D eigenvalue weighted by atomic mass is 16.4. The van der Waals surface area contributed by atoms with Crippen molar-refractivity contribution >= 4 is 23.7 Å². The van der Waals surface area contributed by atoms with Crippen molar-refractivity contribution in [3.05, 3.63) is 11.8 Å². The molecule has 1 aromatic rings. The average Bonchev–Trinajstić information content (AvgIpc) is 2.55. The standard InChI is InChI=1S/C12H18N4O4/c1-7-5-8(16(4)15-7)13-11(20)14-9(17)6-12(2,3)10(18)19/h5H,6H2,1-4H3,(H,18,19)(H2,13,14,17,20). The largest absolute Gasteiger partial charge is 0.481 e. The molecule has 0 aliphatic carbocycles. The van der Waals surface area contributed by atoms with E-state index in [-0.39, 0.29) is 6.42 Å². The number of nitrogens with one attached hydrogen (secondary N) is 2. The maximum absolute atomic E-state index is 11.6. The topological polar surface area (TPSA) is 113 Å². The van der Waals surface area contributed by atoms with Crippen LogP contribution in [0.25, 0.3) is 0 Å². The first-order valence-electron chi connectivity index (χ1n) is 5.96. The predicted molar refractivity (Wildman–Crippen MR) is 71.1 cm³/mol. The summed E-state index contributed by atoms with van der Waals surface area (Å²) in [5.41, 5.74) is -0.505. The van der Waals surface area contributed by atoms with Crippen LogP contribution >= 0.6 is 0 Å². The molecule has 8 heteroatoms. The highest BCUT2D eigenvalue weighted by Crippen LogP contribution is 2.20. The van der Waals surface area contributed by atoms with Crippen molar-refractivity contribution in [1.29, 1.82) is 0 Å². The highest BCUT2D eigenvalue weighted by Gasteiger charge is 2.30. The molecule has 8 nitrogen and oxygen atoms in total. The molecule has 20 heavy (non-hydrogen) atoms. The van der Waals surface area contributed by atoms with Crippen LogP contribution in [-0.2, 0) is 16.6 Å². The number of urea groups is 1. The fourth-order valence-electron chi connectivity index (χ4n) is 1.52. The molecule has 0 aliphatic heterocycles. The molecule has 0 atom stereocenters. The Kier molecular flexibility index (Phi) is 4.49. The van der Waals surface area contributed by atoms with Gasteiger partial charge in [0.15, 0.2) is 0 Å². The van der Waals surface area contributed by atoms with Gasteiger partial charge in [-0.25, -0.2) is 4.79 Å². The van der Waals surface area contributed by atoms with Gasteiger partial charge in [-0.1, -0.05) is 0 Å². The van der Waals surface area contributed by atoms with Gasteiger partial charge in [-0.05, 0) is 20.8 Å². The first-order valence-corrected chi connectivity index (χ1v) is 5.96. The van der Waals surface area contributed by atoms with E-state index in [0.29, 0.717) is 5.82 Å². The third kappa shape index (κ3) is 4.08. The number of rotatable bonds is 4. The molecule has 0 aromatic carbocycles. The Balaban J connectivity index is 2.57. The Morgan fingerprint density at radius 3 is 2.45 bits per heavy atom. The van der Waals surface area contributed by atoms with Crippen LogP contribution in [0, 0.1) is 12.3 Å². The number of aryl methyl sites for hydroxylation is 2. The zero-order chi connectivity index (χ0) is 15.5. The molecule has 3 amide bonds. The molecule has 110 valence electrons. The zero-order valence-electron chi connectivity index (χ0n) is 11.9. The number of hydrogen-bond acceptors (Lipinski definition) is 4. The number of carboxylic acids is 1. The number of aliphatic carboxylic acids is 1. The number of carbonyl (C=O) groups excluding carboxylic acids is 2. The lowest BCUT2D eigenvalue weighted by atomic mass is 9.89. The van der Waals surface area contributed by atoms with Crippen LogP contribution in [0.3, 0.4) is 0 Å². The predicted octanol–water partition coefficient (Wildman–Crippen LogP) is 0.878. The number of anilines is 1. The number of carbonyl (C=O) groups is 3. The first-order chi connectivity index (χ1) is 9.11. The van der Waals surface area contributed by atoms with Crippen molar-refractivity contribution in [3.63, 3.8) is 0 Å². The molecule has 1 aromatic heterocycles. The van der Waals surface area contributed by atoms with Gasteiger partial charge in [-0.15, -0.1) is 0 Å². The quantitative estimate of drug-likeness (QED) is 0.758. The fourth-order valence-corrected chi connectivity index (χ4v) is 1.52. The molecule has 1 heterocycles. The Bertz CT molecular complexity index is 548. The minimum absolute atomic E-state index is 0.291. The van der Waals surface area contributed by atoms with Crippen molar-refractivity contribution in [3.8, 4) is 0 Å². The third-order valence-electron chi connectivity index (χ3n) is 2.68. The van der Waals surface area contributed by atoms with Gasteiger partial charge in [0.25, 0.3) is 0 Å². The van der Waals surface area contributed by atoms with Crippen LogP contribution in [0.2, 0.25) is 0 Å². The normalized spacial score (nSPS) is 11.0. The summed E-state index contributed by atoms with van der Waals surface area (Å²) in [4.78, 5) is 34.1. The molecule has 0 bridgehead atoms. The van der Waals surface area contributed by atoms with E-state index >= 15 is 0 Å². The molecular weight excluding hydrogens is 264 g/mol. The van der Waals surface area contributed by atoms with E-state index in [1.165, 1.54) is 18.5 Å². The molecule has 0 unspecified atom stereocenters. The van der Waals surface area contributed by atoms with Crippen molar-refractivity contribution in [2.24, 2.45) is 12.5 Å². The van der Waals surface area contributed by atoms with Crippen LogP contribution in [0.1, 0.15) is 26.0 Å². The summed E-state index contributed by atoms with van der Waals surface area (Å²) in [6, 6.07) is 0.921. The summed E-state index contributed by atoms with van der Waals surface area (Å²) in [6.07, 6.45) is -0.291. The number of hydrogen-bond donors (Lipinski definition) is 3. The number of carboxylic acid groups (broad SMARTS) is 1. The third-order valence-corrected chi connectivity index (χ3v) is 2.68. The molecule has 0 fully saturated rings. The average molecular weight is 282 g/mol. The van der Waals surface area contributed by atoms with Crippen LogP contribution < -0.4 is 10.6 Å². The van der Waals surface area contributed by atoms with E-state index in [1.54, 1.807) is 20.0 Å². The molecular formula is C12H18N4O4. The molecule has 3 N–H and O–H groups in total. The van der Waals surface area contributed by atoms with Crippen LogP contribution in [0.5, 0.6) is 0 Å². The van der Waals surface area contributed by atoms with Gasteiger partial charge in [0.2, 0.25) is 5.91 Å². The molecule has 0 spiro atoms. The summed E-state index contributed by atoms with van der Waals surface area (Å²) in [5, 5.41) is 17.5. The number of amides is 3. The van der Waals surface area contributed by atoms with Crippen molar-refractivity contribution in [2.45, 2.75) is 27.2 Å². The first kappa shape index (κ1) is 15.7. The van der Waals surface area contributed by atoms with Crippen LogP contribution in [0.15, 0.2) is 6.07 Å². The Labute approximate surface area is 116 Å². The van der Waals surface area contributed by atoms with Crippen molar-refractivity contribution < 1.29 is 19.5 Å². The molecule has 0 aliphatic rings. The van der Waals surface area contributed by atoms with Crippen LogP contribution in [-0.4, -0.2) is 32.8 Å². The van der Waals surface area contributed by atoms with Gasteiger partial charge in [-0.3, -0.25) is 24.9 Å². The van der Waals surface area contributed by atoms with Gasteiger partial charge in [0.1, 0.15) is 5.82 Å². The SMILES string of the molecule is Cc1cc(NC(=O)NC(=O)CC(C)(C)C(=O)O)n(C)n1. The minimum atomic E-state index is -1.23. The summed E-state index contributed by atoms with van der Waals surface area (Å²) >= 11 is 0. The van der Waals surface area contributed by atoms with E-state index in [9.17, 15) is 14.4 Å². The summed E-state index contributed by atoms with van der Waals surface area (Å²) in [5.74, 6) is -1.32. The number of imide groups is 1. The lowest BCUT2D eigenvalue weighted by Crippen LogP contribution is -2.39. The molecule has 1 rings (SSSR count). The summed E-state index contributed by atoms with van der Waals surface area (Å²) in [6.45, 7) is 4.60. The Hall–Kier alpha value is -2.38. The van der Waals surface area contributed by atoms with Gasteiger partial charge in [0, 0.05) is 19.5 Å². The Morgan fingerprint density at radius 1 is 1.40 bits per heavy atom. The van der Waals surface area contributed by atoms with Gasteiger partial charge >= 0.3 is 12.0 Å². The fraction of sp³-hybridized carbons (Fsp3) is 0.500. The van der Waals surface area contributed by atoms with E-state index in [4.69, 9.17) is 5.11 Å². The smallest absolute Gasteiger partial charge is 0.327 e. The maximum atomic E-state index is 11.6. The summed E-state index contributed by atoms with van der Waals surface area (Å²) < 4.78 is 1.46. The second-order valence-corrected chi connectivity index (χ2v) is 5.16. The number of aromatic nitrogens is 2. The van der Waals surface area contributed by atoms with Gasteiger partial charge in [-0.2, -0.15) is 5.10 Å². The second kappa shape index (κ2) is 5.72. The van der Waals surface area contributed by atoms with E-state index in [0.717, 1.165) is 5.69 Å². The Morgan fingerprint density at radius 2 is 2.00 bits per heavy atom. The van der Waals surface area contributed by atoms with E-state index in [2.05, 4.69) is 15.7 Å². The van der Waals surface area contributed by atoms with Crippen molar-refractivity contribution in [2.75, 3.05) is 5.32 Å². The zero-order valence-corrected chi connectivity index (χ0v) is 11.9. The molecule has 0 saturated carbocycles. The molecule has 0 radical (unpaired) electrons. The maximum Gasteiger partial charge on any atom is 0.327 e.